The van der Waals surface area contributed by atoms with Crippen LogP contribution in [0, 0.1) is 0 Å². The van der Waals surface area contributed by atoms with Crippen molar-refractivity contribution in [2.24, 2.45) is 0 Å². The summed E-state index contributed by atoms with van der Waals surface area (Å²) in [5, 5.41) is 4.20. The molecule has 6 nitrogen and oxygen atoms in total. The molecular weight excluding hydrogens is 539 g/mol. The first kappa shape index (κ1) is 26.4. The Morgan fingerprint density at radius 3 is 2.10 bits per heavy atom. The Morgan fingerprint density at radius 2 is 1.45 bits per heavy atom. The van der Waals surface area contributed by atoms with Crippen LogP contribution in [0.5, 0.6) is 0 Å². The summed E-state index contributed by atoms with van der Waals surface area (Å²) >= 11 is 0. The molecule has 0 unspecified atom stereocenters. The van der Waals surface area contributed by atoms with Crippen LogP contribution in [0.25, 0.3) is 16.9 Å². The molecule has 2 aliphatic rings. The van der Waals surface area contributed by atoms with Gasteiger partial charge in [-0.05, 0) is 18.4 Å². The van der Waals surface area contributed by atoms with E-state index in [9.17, 15) is 18.0 Å². The van der Waals surface area contributed by atoms with Gasteiger partial charge in [0.2, 0.25) is 0 Å². The first-order valence-electron chi connectivity index (χ1n) is 14.2. The van der Waals surface area contributed by atoms with Gasteiger partial charge in [-0.15, -0.1) is 0 Å². The van der Waals surface area contributed by atoms with E-state index in [1.54, 1.807) is 17.0 Å². The number of fused-ring (bicyclic) bond motifs is 4. The van der Waals surface area contributed by atoms with Crippen molar-refractivity contribution in [3.05, 3.63) is 125 Å². The smallest absolute Gasteiger partial charge is 0.326 e. The van der Waals surface area contributed by atoms with E-state index in [0.717, 1.165) is 10.1 Å². The number of carbonyl (C=O) groups is 1. The number of carbonyl (C=O) groups excluding carboxylic acids is 1. The standard InChI is InChI=1S/C33H28F3N5O/c34-33(35,36)31-26-16-15-22-9-7-8-14-25(22)29(26)37-28-21-27(38-41(28)31)32(42)40-19-17-39(18-20-40)30(23-10-3-1-4-11-23)24-12-5-2-6-13-24/h1-14,21,30H,15-20H2/p+1. The summed E-state index contributed by atoms with van der Waals surface area (Å²) in [6, 6.07) is 29.6. The topological polar surface area (TPSA) is 54.9 Å². The number of aromatic nitrogens is 3. The molecule has 0 bridgehead atoms. The van der Waals surface area contributed by atoms with Crippen molar-refractivity contribution >= 4 is 11.6 Å². The van der Waals surface area contributed by atoms with E-state index in [-0.39, 0.29) is 35.3 Å². The fourth-order valence-corrected chi connectivity index (χ4v) is 6.52. The molecule has 1 amide bonds. The monoisotopic (exact) mass is 568 g/mol. The Balaban J connectivity index is 1.18. The highest BCUT2D eigenvalue weighted by Crippen LogP contribution is 2.40. The predicted octanol–water partition coefficient (Wildman–Crippen LogP) is 4.64. The van der Waals surface area contributed by atoms with Crippen molar-refractivity contribution in [3.63, 3.8) is 0 Å². The van der Waals surface area contributed by atoms with E-state index in [4.69, 9.17) is 0 Å². The summed E-state index contributed by atoms with van der Waals surface area (Å²) in [6.07, 6.45) is -3.95. The maximum Gasteiger partial charge on any atom is 0.433 e. The van der Waals surface area contributed by atoms with Gasteiger partial charge in [-0.3, -0.25) is 4.79 Å². The van der Waals surface area contributed by atoms with Crippen LogP contribution in [0.2, 0.25) is 0 Å². The van der Waals surface area contributed by atoms with Crippen molar-refractivity contribution in [2.45, 2.75) is 25.1 Å². The van der Waals surface area contributed by atoms with Crippen LogP contribution in [0.3, 0.4) is 0 Å². The summed E-state index contributed by atoms with van der Waals surface area (Å²) in [5.41, 5.74) is 3.68. The van der Waals surface area contributed by atoms with Gasteiger partial charge in [-0.25, -0.2) is 9.50 Å². The highest BCUT2D eigenvalue weighted by atomic mass is 19.4. The lowest BCUT2D eigenvalue weighted by molar-refractivity contribution is -0.929. The molecule has 9 heteroatoms. The third-order valence-electron chi connectivity index (χ3n) is 8.47. The Kier molecular flexibility index (Phi) is 6.54. The van der Waals surface area contributed by atoms with Crippen molar-refractivity contribution in [3.8, 4) is 11.3 Å². The van der Waals surface area contributed by atoms with Crippen LogP contribution in [-0.4, -0.2) is 51.6 Å². The van der Waals surface area contributed by atoms with Crippen LogP contribution >= 0.6 is 0 Å². The number of halogens is 3. The SMILES string of the molecule is O=C(c1cc2nc3c(c(C(F)(F)F)n2n1)CCc1ccccc1-3)N1CC[NH+](C(c2ccccc2)c2ccccc2)CC1. The quantitative estimate of drug-likeness (QED) is 0.344. The second-order valence-corrected chi connectivity index (χ2v) is 10.9. The molecule has 5 aromatic rings. The summed E-state index contributed by atoms with van der Waals surface area (Å²) in [7, 11) is 0. The highest BCUT2D eigenvalue weighted by molar-refractivity contribution is 5.93. The van der Waals surface area contributed by atoms with Crippen molar-refractivity contribution in [1.82, 2.24) is 19.5 Å². The maximum atomic E-state index is 14.5. The summed E-state index contributed by atoms with van der Waals surface area (Å²) in [4.78, 5) is 21.2. The Morgan fingerprint density at radius 1 is 0.833 bits per heavy atom. The lowest BCUT2D eigenvalue weighted by Gasteiger charge is -2.36. The van der Waals surface area contributed by atoms with E-state index in [2.05, 4.69) is 34.3 Å². The molecule has 3 heterocycles. The molecule has 0 radical (unpaired) electrons. The second-order valence-electron chi connectivity index (χ2n) is 10.9. The van der Waals surface area contributed by atoms with Gasteiger partial charge in [0, 0.05) is 28.3 Å². The van der Waals surface area contributed by atoms with Crippen LogP contribution in [-0.2, 0) is 19.0 Å². The van der Waals surface area contributed by atoms with Gasteiger partial charge in [0.05, 0.1) is 31.9 Å². The third-order valence-corrected chi connectivity index (χ3v) is 8.47. The van der Waals surface area contributed by atoms with Crippen LogP contribution in [0.15, 0.2) is 91.0 Å². The maximum absolute atomic E-state index is 14.5. The summed E-state index contributed by atoms with van der Waals surface area (Å²) < 4.78 is 44.2. The Hall–Kier alpha value is -4.50. The van der Waals surface area contributed by atoms with Gasteiger partial charge in [0.25, 0.3) is 5.91 Å². The zero-order chi connectivity index (χ0) is 28.8. The van der Waals surface area contributed by atoms with Crippen LogP contribution < -0.4 is 4.90 Å². The number of nitrogens with zero attached hydrogens (tertiary/aromatic N) is 4. The number of quaternary nitrogens is 1. The molecule has 1 N–H and O–H groups in total. The molecule has 1 fully saturated rings. The molecule has 1 saturated heterocycles. The number of amides is 1. The average molecular weight is 569 g/mol. The molecule has 42 heavy (non-hydrogen) atoms. The first-order valence-corrected chi connectivity index (χ1v) is 14.2. The van der Waals surface area contributed by atoms with E-state index < -0.39 is 11.9 Å². The molecule has 0 saturated carbocycles. The highest BCUT2D eigenvalue weighted by Gasteiger charge is 2.41. The van der Waals surface area contributed by atoms with Crippen LogP contribution in [0.1, 0.15) is 44.5 Å². The van der Waals surface area contributed by atoms with Gasteiger partial charge in [0.15, 0.2) is 17.0 Å². The number of aryl methyl sites for hydroxylation is 1. The lowest BCUT2D eigenvalue weighted by Crippen LogP contribution is -3.15. The minimum Gasteiger partial charge on any atom is -0.326 e. The fourth-order valence-electron chi connectivity index (χ4n) is 6.52. The summed E-state index contributed by atoms with van der Waals surface area (Å²) in [6.45, 7) is 2.35. The van der Waals surface area contributed by atoms with Crippen molar-refractivity contribution in [1.29, 1.82) is 0 Å². The number of hydrogen-bond acceptors (Lipinski definition) is 3. The molecular formula is C33H29F3N5O+. The Labute approximate surface area is 241 Å². The zero-order valence-corrected chi connectivity index (χ0v) is 22.8. The van der Waals surface area contributed by atoms with Gasteiger partial charge < -0.3 is 9.80 Å². The normalized spacial score (nSPS) is 15.6. The minimum absolute atomic E-state index is 0.0187. The molecule has 1 aliphatic heterocycles. The number of alkyl halides is 3. The third kappa shape index (κ3) is 4.63. The molecule has 212 valence electrons. The number of rotatable bonds is 4. The van der Waals surface area contributed by atoms with E-state index >= 15 is 0 Å². The van der Waals surface area contributed by atoms with E-state index in [1.807, 2.05) is 48.5 Å². The number of benzene rings is 3. The molecule has 7 rings (SSSR count). The summed E-state index contributed by atoms with van der Waals surface area (Å²) in [5.74, 6) is -0.373. The number of piperazine rings is 1. The van der Waals surface area contributed by atoms with Crippen molar-refractivity contribution < 1.29 is 22.9 Å². The van der Waals surface area contributed by atoms with Gasteiger partial charge in [-0.1, -0.05) is 84.9 Å². The average Bonchev–Trinajstić information content (AvgIpc) is 3.44. The van der Waals surface area contributed by atoms with Crippen molar-refractivity contribution in [2.75, 3.05) is 26.2 Å². The fraction of sp³-hybridized carbons (Fsp3) is 0.242. The zero-order valence-electron chi connectivity index (χ0n) is 22.8. The lowest BCUT2D eigenvalue weighted by atomic mass is 9.88. The largest absolute Gasteiger partial charge is 0.433 e. The molecule has 0 atom stereocenters. The minimum atomic E-state index is -4.65. The van der Waals surface area contributed by atoms with Gasteiger partial charge in [-0.2, -0.15) is 18.3 Å². The van der Waals surface area contributed by atoms with Gasteiger partial charge in [0.1, 0.15) is 6.04 Å². The first-order chi connectivity index (χ1) is 20.4. The van der Waals surface area contributed by atoms with E-state index in [1.165, 1.54) is 22.1 Å². The Bertz CT molecular complexity index is 1720. The van der Waals surface area contributed by atoms with E-state index in [0.29, 0.717) is 43.9 Å². The molecule has 2 aromatic heterocycles. The van der Waals surface area contributed by atoms with Gasteiger partial charge >= 0.3 is 6.18 Å². The molecule has 3 aromatic carbocycles. The number of hydrogen-bond donors (Lipinski definition) is 1. The number of nitrogens with one attached hydrogen (secondary N) is 1. The second kappa shape index (κ2) is 10.4. The predicted molar refractivity (Wildman–Crippen MR) is 152 cm³/mol. The molecule has 1 aliphatic carbocycles. The van der Waals surface area contributed by atoms with Crippen LogP contribution in [0.4, 0.5) is 13.2 Å². The molecule has 0 spiro atoms.